The van der Waals surface area contributed by atoms with E-state index in [1.54, 1.807) is 13.0 Å². The molecule has 0 aliphatic rings. The molecule has 1 aromatic carbocycles. The van der Waals surface area contributed by atoms with E-state index < -0.39 is 0 Å². The first-order chi connectivity index (χ1) is 7.00. The minimum atomic E-state index is -0.362. The van der Waals surface area contributed by atoms with Gasteiger partial charge in [0.2, 0.25) is 0 Å². The highest BCUT2D eigenvalue weighted by Crippen LogP contribution is 2.25. The predicted octanol–water partition coefficient (Wildman–Crippen LogP) is 3.02. The van der Waals surface area contributed by atoms with Crippen LogP contribution in [0.25, 0.3) is 0 Å². The van der Waals surface area contributed by atoms with Crippen molar-refractivity contribution in [2.75, 3.05) is 6.54 Å². The van der Waals surface area contributed by atoms with E-state index in [2.05, 4.69) is 5.32 Å². The Hall–Kier alpha value is -0.280. The Balaban J connectivity index is 2.69. The van der Waals surface area contributed by atoms with Crippen LogP contribution in [0.1, 0.15) is 25.5 Å². The van der Waals surface area contributed by atoms with Gasteiger partial charge in [0.1, 0.15) is 0 Å². The van der Waals surface area contributed by atoms with Gasteiger partial charge >= 0.3 is 0 Å². The van der Waals surface area contributed by atoms with Crippen LogP contribution in [-0.4, -0.2) is 17.8 Å². The van der Waals surface area contributed by atoms with E-state index in [1.165, 1.54) is 0 Å². The van der Waals surface area contributed by atoms with Gasteiger partial charge in [0.25, 0.3) is 0 Å². The lowest BCUT2D eigenvalue weighted by atomic mass is 10.1. The van der Waals surface area contributed by atoms with E-state index in [4.69, 9.17) is 28.3 Å². The van der Waals surface area contributed by atoms with E-state index in [0.29, 0.717) is 16.6 Å². The van der Waals surface area contributed by atoms with E-state index in [-0.39, 0.29) is 12.1 Å². The average molecular weight is 248 g/mol. The fourth-order valence-corrected chi connectivity index (χ4v) is 1.88. The Bertz CT molecular complexity index is 328. The van der Waals surface area contributed by atoms with Gasteiger partial charge in [-0.1, -0.05) is 29.3 Å². The van der Waals surface area contributed by atoms with Crippen LogP contribution in [-0.2, 0) is 0 Å². The summed E-state index contributed by atoms with van der Waals surface area (Å²) in [5.74, 6) is 0. The van der Waals surface area contributed by atoms with Crippen molar-refractivity contribution >= 4 is 23.2 Å². The second-order valence-electron chi connectivity index (χ2n) is 3.64. The van der Waals surface area contributed by atoms with Gasteiger partial charge in [-0.2, -0.15) is 0 Å². The van der Waals surface area contributed by atoms with Crippen molar-refractivity contribution in [2.24, 2.45) is 0 Å². The van der Waals surface area contributed by atoms with Crippen LogP contribution in [0.2, 0.25) is 10.0 Å². The third-order valence-corrected chi connectivity index (χ3v) is 2.71. The highest BCUT2D eigenvalue weighted by atomic mass is 35.5. The van der Waals surface area contributed by atoms with Gasteiger partial charge in [-0.3, -0.25) is 0 Å². The van der Waals surface area contributed by atoms with Gasteiger partial charge in [-0.25, -0.2) is 0 Å². The van der Waals surface area contributed by atoms with Crippen LogP contribution in [0.15, 0.2) is 18.2 Å². The molecule has 0 fully saturated rings. The summed E-state index contributed by atoms with van der Waals surface area (Å²) in [5.41, 5.74) is 0.988. The van der Waals surface area contributed by atoms with Gasteiger partial charge in [0, 0.05) is 22.6 Å². The number of hydrogen-bond donors (Lipinski definition) is 2. The summed E-state index contributed by atoms with van der Waals surface area (Å²) in [4.78, 5) is 0. The summed E-state index contributed by atoms with van der Waals surface area (Å²) >= 11 is 11.9. The first-order valence-electron chi connectivity index (χ1n) is 4.87. The molecular formula is C11H15Cl2NO. The topological polar surface area (TPSA) is 32.3 Å². The summed E-state index contributed by atoms with van der Waals surface area (Å²) in [6, 6.07) is 5.52. The molecule has 0 bridgehead atoms. The molecule has 84 valence electrons. The molecule has 1 rings (SSSR count). The van der Waals surface area contributed by atoms with E-state index in [0.717, 1.165) is 5.56 Å². The standard InChI is InChI=1S/C11H15Cl2NO/c1-7(15)6-14-8(2)10-4-3-9(12)5-11(10)13/h3-5,7-8,14-15H,6H2,1-2H3/t7-,8+/m0/s1. The SMILES string of the molecule is C[C@H](O)CN[C@H](C)c1ccc(Cl)cc1Cl. The molecule has 0 saturated carbocycles. The third kappa shape index (κ3) is 3.99. The van der Waals surface area contributed by atoms with Crippen molar-refractivity contribution in [3.63, 3.8) is 0 Å². The van der Waals surface area contributed by atoms with Crippen molar-refractivity contribution in [3.8, 4) is 0 Å². The normalized spacial score (nSPS) is 15.0. The number of halogens is 2. The molecule has 4 heteroatoms. The summed E-state index contributed by atoms with van der Waals surface area (Å²) in [6.07, 6.45) is -0.362. The van der Waals surface area contributed by atoms with E-state index >= 15 is 0 Å². The number of nitrogens with one attached hydrogen (secondary N) is 1. The zero-order valence-corrected chi connectivity index (χ0v) is 10.3. The second-order valence-corrected chi connectivity index (χ2v) is 4.49. The minimum Gasteiger partial charge on any atom is -0.392 e. The Morgan fingerprint density at radius 2 is 2.00 bits per heavy atom. The summed E-state index contributed by atoms with van der Waals surface area (Å²) in [5, 5.41) is 13.6. The zero-order chi connectivity index (χ0) is 11.4. The molecule has 15 heavy (non-hydrogen) atoms. The monoisotopic (exact) mass is 247 g/mol. The first-order valence-corrected chi connectivity index (χ1v) is 5.62. The van der Waals surface area contributed by atoms with Gasteiger partial charge < -0.3 is 10.4 Å². The summed E-state index contributed by atoms with van der Waals surface area (Å²) in [7, 11) is 0. The maximum Gasteiger partial charge on any atom is 0.0636 e. The second kappa shape index (κ2) is 5.71. The molecule has 0 radical (unpaired) electrons. The lowest BCUT2D eigenvalue weighted by Crippen LogP contribution is -2.27. The molecule has 0 saturated heterocycles. The fourth-order valence-electron chi connectivity index (χ4n) is 1.31. The smallest absolute Gasteiger partial charge is 0.0636 e. The molecule has 0 unspecified atom stereocenters. The Morgan fingerprint density at radius 1 is 1.33 bits per heavy atom. The molecule has 0 aliphatic heterocycles. The molecule has 0 spiro atoms. The van der Waals surface area contributed by atoms with E-state index in [9.17, 15) is 0 Å². The molecule has 0 heterocycles. The maximum atomic E-state index is 9.14. The van der Waals surface area contributed by atoms with Gasteiger partial charge in [-0.05, 0) is 31.5 Å². The molecule has 1 aromatic rings. The molecule has 2 N–H and O–H groups in total. The Kier molecular flexibility index (Phi) is 4.87. The molecule has 0 aromatic heterocycles. The number of aliphatic hydroxyl groups excluding tert-OH is 1. The lowest BCUT2D eigenvalue weighted by Gasteiger charge is -2.16. The molecule has 0 aliphatic carbocycles. The van der Waals surface area contributed by atoms with Crippen molar-refractivity contribution in [2.45, 2.75) is 26.0 Å². The number of hydrogen-bond acceptors (Lipinski definition) is 2. The Labute approximate surface area is 100 Å². The number of benzene rings is 1. The van der Waals surface area contributed by atoms with Gasteiger partial charge in [-0.15, -0.1) is 0 Å². The van der Waals surface area contributed by atoms with Gasteiger partial charge in [0.15, 0.2) is 0 Å². The molecule has 0 amide bonds. The van der Waals surface area contributed by atoms with Crippen LogP contribution >= 0.6 is 23.2 Å². The zero-order valence-electron chi connectivity index (χ0n) is 8.80. The van der Waals surface area contributed by atoms with Crippen LogP contribution in [0.3, 0.4) is 0 Å². The van der Waals surface area contributed by atoms with Crippen molar-refractivity contribution in [1.29, 1.82) is 0 Å². The lowest BCUT2D eigenvalue weighted by molar-refractivity contribution is 0.187. The van der Waals surface area contributed by atoms with Crippen LogP contribution in [0.4, 0.5) is 0 Å². The van der Waals surface area contributed by atoms with Crippen LogP contribution in [0, 0.1) is 0 Å². The predicted molar refractivity (Wildman–Crippen MR) is 64.6 cm³/mol. The van der Waals surface area contributed by atoms with Crippen molar-refractivity contribution in [3.05, 3.63) is 33.8 Å². The minimum absolute atomic E-state index is 0.101. The van der Waals surface area contributed by atoms with Crippen molar-refractivity contribution < 1.29 is 5.11 Å². The largest absolute Gasteiger partial charge is 0.392 e. The average Bonchev–Trinajstić information content (AvgIpc) is 2.14. The van der Waals surface area contributed by atoms with E-state index in [1.807, 2.05) is 19.1 Å². The highest BCUT2D eigenvalue weighted by Gasteiger charge is 2.09. The van der Waals surface area contributed by atoms with Gasteiger partial charge in [0.05, 0.1) is 6.10 Å². The molecule has 2 atom stereocenters. The molecular weight excluding hydrogens is 233 g/mol. The molecule has 2 nitrogen and oxygen atoms in total. The van der Waals surface area contributed by atoms with Crippen LogP contribution < -0.4 is 5.32 Å². The number of rotatable bonds is 4. The first kappa shape index (κ1) is 12.8. The highest BCUT2D eigenvalue weighted by molar-refractivity contribution is 6.35. The van der Waals surface area contributed by atoms with Crippen LogP contribution in [0.5, 0.6) is 0 Å². The Morgan fingerprint density at radius 3 is 2.53 bits per heavy atom. The fraction of sp³-hybridized carbons (Fsp3) is 0.455. The number of aliphatic hydroxyl groups is 1. The summed E-state index contributed by atoms with van der Waals surface area (Å²) in [6.45, 7) is 4.28. The maximum absolute atomic E-state index is 9.14. The third-order valence-electron chi connectivity index (χ3n) is 2.15. The summed E-state index contributed by atoms with van der Waals surface area (Å²) < 4.78 is 0. The van der Waals surface area contributed by atoms with Crippen molar-refractivity contribution in [1.82, 2.24) is 5.32 Å². The quantitative estimate of drug-likeness (QED) is 0.858.